The Labute approximate surface area is 139 Å². The zero-order valence-corrected chi connectivity index (χ0v) is 13.0. The first-order valence-corrected chi connectivity index (χ1v) is 7.19. The van der Waals surface area contributed by atoms with E-state index in [4.69, 9.17) is 21.0 Å². The third-order valence-corrected chi connectivity index (χ3v) is 3.18. The van der Waals surface area contributed by atoms with Crippen LogP contribution in [-0.2, 0) is 6.54 Å². The maximum Gasteiger partial charge on any atom is 0.270 e. The van der Waals surface area contributed by atoms with E-state index in [1.54, 1.807) is 31.2 Å². The maximum absolute atomic E-state index is 12.2. The summed E-state index contributed by atoms with van der Waals surface area (Å²) in [6.45, 7) is 2.32. The summed E-state index contributed by atoms with van der Waals surface area (Å²) in [7, 11) is 0. The molecule has 120 valence electrons. The molecule has 0 aliphatic rings. The summed E-state index contributed by atoms with van der Waals surface area (Å²) in [5.74, 6) is -0.389. The first-order chi connectivity index (χ1) is 11.6. The first kappa shape index (κ1) is 16.8. The van der Waals surface area contributed by atoms with Gasteiger partial charge in [-0.05, 0) is 30.7 Å². The van der Waals surface area contributed by atoms with Crippen molar-refractivity contribution in [3.63, 3.8) is 0 Å². The third kappa shape index (κ3) is 3.79. The smallest absolute Gasteiger partial charge is 0.270 e. The van der Waals surface area contributed by atoms with Gasteiger partial charge in [0.25, 0.3) is 5.91 Å². The van der Waals surface area contributed by atoms with E-state index in [9.17, 15) is 4.79 Å². The van der Waals surface area contributed by atoms with Crippen LogP contribution in [-0.4, -0.2) is 17.5 Å². The molecule has 1 aromatic carbocycles. The molecule has 0 radical (unpaired) electrons. The fraction of sp³-hybridized carbons (Fsp3) is 0.176. The number of anilines is 1. The Morgan fingerprint density at radius 1 is 1.29 bits per heavy atom. The Balaban J connectivity index is 2.14. The summed E-state index contributed by atoms with van der Waals surface area (Å²) < 4.78 is 5.26. The number of hydrogen-bond donors (Lipinski definition) is 2. The van der Waals surface area contributed by atoms with Gasteiger partial charge in [0, 0.05) is 6.54 Å². The molecule has 0 saturated heterocycles. The molecule has 0 atom stereocenters. The van der Waals surface area contributed by atoms with E-state index in [0.717, 1.165) is 5.56 Å². The van der Waals surface area contributed by atoms with Gasteiger partial charge in [0.15, 0.2) is 0 Å². The molecule has 1 heterocycles. The van der Waals surface area contributed by atoms with Crippen LogP contribution in [0.2, 0.25) is 0 Å². The standard InChI is InChI=1S/C17H15N5O2/c1-2-24-17-13(9-19)14(20)7-15(22-17)16(23)21-10-12-5-3-11(8-18)4-6-12/h3-7H,2,10H2,1H3,(H2,20,22)(H,21,23). The molecule has 0 spiro atoms. The molecular weight excluding hydrogens is 306 g/mol. The Kier molecular flexibility index (Phi) is 5.32. The molecule has 7 heteroatoms. The number of ether oxygens (including phenoxy) is 1. The zero-order chi connectivity index (χ0) is 17.5. The highest BCUT2D eigenvalue weighted by Crippen LogP contribution is 2.22. The van der Waals surface area contributed by atoms with Crippen LogP contribution >= 0.6 is 0 Å². The normalized spacial score (nSPS) is 9.62. The lowest BCUT2D eigenvalue weighted by molar-refractivity contribution is 0.0945. The van der Waals surface area contributed by atoms with Crippen LogP contribution in [0.5, 0.6) is 5.88 Å². The van der Waals surface area contributed by atoms with Crippen molar-refractivity contribution in [3.05, 3.63) is 52.7 Å². The van der Waals surface area contributed by atoms with E-state index in [1.165, 1.54) is 6.07 Å². The number of rotatable bonds is 5. The van der Waals surface area contributed by atoms with Crippen molar-refractivity contribution in [3.8, 4) is 18.0 Å². The average Bonchev–Trinajstić information content (AvgIpc) is 2.60. The van der Waals surface area contributed by atoms with E-state index < -0.39 is 5.91 Å². The van der Waals surface area contributed by atoms with Gasteiger partial charge in [0.05, 0.1) is 23.9 Å². The van der Waals surface area contributed by atoms with Gasteiger partial charge in [0.1, 0.15) is 17.3 Å². The van der Waals surface area contributed by atoms with Crippen LogP contribution in [0.3, 0.4) is 0 Å². The molecule has 0 unspecified atom stereocenters. The summed E-state index contributed by atoms with van der Waals surface area (Å²) in [6.07, 6.45) is 0. The number of pyridine rings is 1. The first-order valence-electron chi connectivity index (χ1n) is 7.19. The van der Waals surface area contributed by atoms with Crippen molar-refractivity contribution in [1.29, 1.82) is 10.5 Å². The predicted octanol–water partition coefficient (Wildman–Crippen LogP) is 1.74. The van der Waals surface area contributed by atoms with Gasteiger partial charge in [-0.3, -0.25) is 4.79 Å². The van der Waals surface area contributed by atoms with Crippen LogP contribution in [0.15, 0.2) is 30.3 Å². The Morgan fingerprint density at radius 3 is 2.58 bits per heavy atom. The molecular formula is C17H15N5O2. The second-order valence-corrected chi connectivity index (χ2v) is 4.81. The number of carbonyl (C=O) groups is 1. The van der Waals surface area contributed by atoms with Gasteiger partial charge in [-0.15, -0.1) is 0 Å². The van der Waals surface area contributed by atoms with Crippen molar-refractivity contribution >= 4 is 11.6 Å². The Hall–Kier alpha value is -3.58. The number of aromatic nitrogens is 1. The summed E-state index contributed by atoms with van der Waals surface area (Å²) in [4.78, 5) is 16.3. The minimum absolute atomic E-state index is 0.0449. The number of hydrogen-bond acceptors (Lipinski definition) is 6. The number of nitrogens with zero attached hydrogens (tertiary/aromatic N) is 3. The van der Waals surface area contributed by atoms with E-state index in [-0.39, 0.29) is 29.4 Å². The van der Waals surface area contributed by atoms with Gasteiger partial charge in [-0.1, -0.05) is 12.1 Å². The predicted molar refractivity (Wildman–Crippen MR) is 86.9 cm³/mol. The van der Waals surface area contributed by atoms with Crippen LogP contribution < -0.4 is 15.8 Å². The summed E-state index contributed by atoms with van der Waals surface area (Å²) >= 11 is 0. The van der Waals surface area contributed by atoms with E-state index in [0.29, 0.717) is 12.2 Å². The number of carbonyl (C=O) groups excluding carboxylic acids is 1. The minimum Gasteiger partial charge on any atom is -0.477 e. The highest BCUT2D eigenvalue weighted by atomic mass is 16.5. The Bertz CT molecular complexity index is 832. The van der Waals surface area contributed by atoms with Gasteiger partial charge in [0.2, 0.25) is 5.88 Å². The molecule has 1 aromatic heterocycles. The number of amides is 1. The fourth-order valence-corrected chi connectivity index (χ4v) is 1.98. The van der Waals surface area contributed by atoms with Gasteiger partial charge in [-0.2, -0.15) is 10.5 Å². The lowest BCUT2D eigenvalue weighted by atomic mass is 10.1. The van der Waals surface area contributed by atoms with Crippen molar-refractivity contribution in [2.75, 3.05) is 12.3 Å². The number of nitrogens with one attached hydrogen (secondary N) is 1. The van der Waals surface area contributed by atoms with E-state index in [1.807, 2.05) is 12.1 Å². The lowest BCUT2D eigenvalue weighted by Crippen LogP contribution is -2.24. The van der Waals surface area contributed by atoms with E-state index >= 15 is 0 Å². The van der Waals surface area contributed by atoms with Crippen LogP contribution in [0, 0.1) is 22.7 Å². The monoisotopic (exact) mass is 321 g/mol. The van der Waals surface area contributed by atoms with Crippen LogP contribution in [0.4, 0.5) is 5.69 Å². The van der Waals surface area contributed by atoms with Crippen molar-refractivity contribution in [1.82, 2.24) is 10.3 Å². The summed E-state index contributed by atoms with van der Waals surface area (Å²) in [5.41, 5.74) is 7.50. The fourth-order valence-electron chi connectivity index (χ4n) is 1.98. The third-order valence-electron chi connectivity index (χ3n) is 3.18. The van der Waals surface area contributed by atoms with Crippen LogP contribution in [0.25, 0.3) is 0 Å². The number of nitrogens with two attached hydrogens (primary N) is 1. The molecule has 2 rings (SSSR count). The molecule has 24 heavy (non-hydrogen) atoms. The molecule has 1 amide bonds. The second-order valence-electron chi connectivity index (χ2n) is 4.81. The number of benzene rings is 1. The topological polar surface area (TPSA) is 125 Å². The van der Waals surface area contributed by atoms with Crippen molar-refractivity contribution in [2.24, 2.45) is 0 Å². The Morgan fingerprint density at radius 2 is 2.00 bits per heavy atom. The zero-order valence-electron chi connectivity index (χ0n) is 13.0. The van der Waals surface area contributed by atoms with Gasteiger partial charge >= 0.3 is 0 Å². The summed E-state index contributed by atoms with van der Waals surface area (Å²) in [5, 5.41) is 20.5. The quantitative estimate of drug-likeness (QED) is 0.864. The number of nitrogen functional groups attached to an aromatic ring is 1. The highest BCUT2D eigenvalue weighted by molar-refractivity contribution is 5.93. The highest BCUT2D eigenvalue weighted by Gasteiger charge is 2.16. The second kappa shape index (κ2) is 7.61. The average molecular weight is 321 g/mol. The van der Waals surface area contributed by atoms with Crippen molar-refractivity contribution in [2.45, 2.75) is 13.5 Å². The summed E-state index contributed by atoms with van der Waals surface area (Å²) in [6, 6.07) is 12.1. The van der Waals surface area contributed by atoms with Gasteiger partial charge in [-0.25, -0.2) is 4.98 Å². The van der Waals surface area contributed by atoms with Crippen LogP contribution in [0.1, 0.15) is 34.1 Å². The molecule has 0 bridgehead atoms. The molecule has 0 aliphatic heterocycles. The molecule has 3 N–H and O–H groups in total. The minimum atomic E-state index is -0.434. The SMILES string of the molecule is CCOc1nc(C(=O)NCc2ccc(C#N)cc2)cc(N)c1C#N. The largest absolute Gasteiger partial charge is 0.477 e. The van der Waals surface area contributed by atoms with Crippen molar-refractivity contribution < 1.29 is 9.53 Å². The molecule has 7 nitrogen and oxygen atoms in total. The maximum atomic E-state index is 12.2. The molecule has 0 saturated carbocycles. The number of nitriles is 2. The van der Waals surface area contributed by atoms with Gasteiger partial charge < -0.3 is 15.8 Å². The molecule has 0 fully saturated rings. The molecule has 0 aliphatic carbocycles. The molecule has 2 aromatic rings. The lowest BCUT2D eigenvalue weighted by Gasteiger charge is -2.10. The van der Waals surface area contributed by atoms with E-state index in [2.05, 4.69) is 10.3 Å².